The summed E-state index contributed by atoms with van der Waals surface area (Å²) in [5.74, 6) is -0.716. The molecular weight excluding hydrogens is 434 g/mol. The van der Waals surface area contributed by atoms with Crippen molar-refractivity contribution in [2.24, 2.45) is 28.4 Å². The van der Waals surface area contributed by atoms with Crippen LogP contribution in [0, 0.1) is 22.7 Å². The first kappa shape index (κ1) is 26.8. The number of rotatable bonds is 8. The molecule has 3 unspecified atom stereocenters. The number of primary amides is 1. The maximum atomic E-state index is 13.5. The van der Waals surface area contributed by atoms with Crippen LogP contribution in [-0.4, -0.2) is 58.2 Å². The van der Waals surface area contributed by atoms with E-state index in [9.17, 15) is 19.5 Å². The summed E-state index contributed by atoms with van der Waals surface area (Å²) < 4.78 is 5.65. The van der Waals surface area contributed by atoms with Gasteiger partial charge in [-0.25, -0.2) is 4.79 Å². The summed E-state index contributed by atoms with van der Waals surface area (Å²) in [6, 6.07) is -1.47. The Kier molecular flexibility index (Phi) is 7.61. The number of hydrogen-bond donors (Lipinski definition) is 3. The molecule has 0 aromatic carbocycles. The highest BCUT2D eigenvalue weighted by atomic mass is 16.6. The molecule has 0 radical (unpaired) electrons. The van der Waals surface area contributed by atoms with Gasteiger partial charge in [-0.05, 0) is 69.1 Å². The number of amides is 3. The van der Waals surface area contributed by atoms with Crippen molar-refractivity contribution in [2.75, 3.05) is 6.54 Å². The summed E-state index contributed by atoms with van der Waals surface area (Å²) >= 11 is 0. The number of aliphatic hydroxyl groups excluding tert-OH is 1. The number of ether oxygens (including phenoxy) is 1. The number of aliphatic hydroxyl groups is 1. The maximum absolute atomic E-state index is 13.5. The van der Waals surface area contributed by atoms with Crippen LogP contribution in [0.15, 0.2) is 0 Å². The molecule has 0 aromatic rings. The molecular formula is C26H45N3O5. The number of hydrogen-bond acceptors (Lipinski definition) is 5. The Labute approximate surface area is 204 Å². The second-order valence-electron chi connectivity index (χ2n) is 12.7. The van der Waals surface area contributed by atoms with E-state index in [0.717, 1.165) is 32.1 Å². The molecule has 0 aromatic heterocycles. The smallest absolute Gasteiger partial charge is 0.410 e. The lowest BCUT2D eigenvalue weighted by Gasteiger charge is -2.54. The number of carbonyl (C=O) groups excluding carboxylic acids is 3. The molecule has 8 nitrogen and oxygen atoms in total. The van der Waals surface area contributed by atoms with Gasteiger partial charge in [0.25, 0.3) is 0 Å². The fraction of sp³-hybridized carbons (Fsp3) is 0.885. The second kappa shape index (κ2) is 9.67. The van der Waals surface area contributed by atoms with E-state index in [1.165, 1.54) is 6.42 Å². The average Bonchev–Trinajstić information content (AvgIpc) is 3.12. The number of nitrogens with two attached hydrogens (primary N) is 1. The minimum atomic E-state index is -1.46. The van der Waals surface area contributed by atoms with Crippen LogP contribution in [0.3, 0.4) is 0 Å². The zero-order valence-corrected chi connectivity index (χ0v) is 21.9. The number of likely N-dealkylation sites (tertiary alicyclic amines) is 1. The molecule has 3 fully saturated rings. The van der Waals surface area contributed by atoms with Gasteiger partial charge in [-0.3, -0.25) is 14.5 Å². The molecule has 3 aliphatic rings. The van der Waals surface area contributed by atoms with Crippen LogP contribution in [0.2, 0.25) is 0 Å². The van der Waals surface area contributed by atoms with Crippen molar-refractivity contribution in [1.82, 2.24) is 10.2 Å². The lowest BCUT2D eigenvalue weighted by atomic mass is 9.51. The summed E-state index contributed by atoms with van der Waals surface area (Å²) in [4.78, 5) is 40.0. The molecule has 8 heteroatoms. The Hall–Kier alpha value is -1.83. The van der Waals surface area contributed by atoms with Crippen molar-refractivity contribution in [2.45, 2.75) is 117 Å². The Morgan fingerprint density at radius 1 is 1.15 bits per heavy atom. The number of carbonyl (C=O) groups is 3. The lowest BCUT2D eigenvalue weighted by molar-refractivity contribution is -0.131. The Bertz CT molecular complexity index is 782. The van der Waals surface area contributed by atoms with Gasteiger partial charge < -0.3 is 20.9 Å². The highest BCUT2D eigenvalue weighted by molar-refractivity contribution is 5.87. The highest BCUT2D eigenvalue weighted by Gasteiger charge is 2.54. The summed E-state index contributed by atoms with van der Waals surface area (Å²) in [5.41, 5.74) is 4.81. The van der Waals surface area contributed by atoms with E-state index in [4.69, 9.17) is 10.5 Å². The molecule has 34 heavy (non-hydrogen) atoms. The topological polar surface area (TPSA) is 122 Å². The summed E-state index contributed by atoms with van der Waals surface area (Å²) in [6.45, 7) is 12.7. The molecule has 1 heterocycles. The average molecular weight is 480 g/mol. The molecule has 4 N–H and O–H groups in total. The van der Waals surface area contributed by atoms with Gasteiger partial charge in [-0.1, -0.05) is 46.5 Å². The van der Waals surface area contributed by atoms with Gasteiger partial charge in [0.1, 0.15) is 11.6 Å². The van der Waals surface area contributed by atoms with Gasteiger partial charge in [0.2, 0.25) is 11.8 Å². The fourth-order valence-electron chi connectivity index (χ4n) is 5.81. The van der Waals surface area contributed by atoms with E-state index in [2.05, 4.69) is 26.1 Å². The first-order chi connectivity index (χ1) is 15.6. The molecule has 4 atom stereocenters. The standard InChI is InChI=1S/C26H45N3O5/c1-24(2,3)34-23(33)29-15-17(25(4,5)26(6)11-8-12-26)14-19(29)22(32)28-18(20(30)21(27)31)13-16-9-7-10-16/h16-20,30H,7-15H2,1-6H3,(H2,27,31)(H,28,32)/t17?,18?,19-,20?/m0/s1. The van der Waals surface area contributed by atoms with Crippen molar-refractivity contribution in [3.63, 3.8) is 0 Å². The Balaban J connectivity index is 1.81. The zero-order chi connectivity index (χ0) is 25.5. The highest BCUT2D eigenvalue weighted by Crippen LogP contribution is 2.58. The summed E-state index contributed by atoms with van der Waals surface area (Å²) in [6.07, 6.45) is 5.71. The van der Waals surface area contributed by atoms with Crippen LogP contribution < -0.4 is 11.1 Å². The third-order valence-electron chi connectivity index (χ3n) is 9.08. The molecule has 1 aliphatic heterocycles. The van der Waals surface area contributed by atoms with Gasteiger partial charge in [0, 0.05) is 6.54 Å². The van der Waals surface area contributed by atoms with E-state index in [0.29, 0.717) is 25.3 Å². The van der Waals surface area contributed by atoms with Gasteiger partial charge >= 0.3 is 6.09 Å². The van der Waals surface area contributed by atoms with Gasteiger partial charge in [-0.15, -0.1) is 0 Å². The minimum Gasteiger partial charge on any atom is -0.444 e. The second-order valence-corrected chi connectivity index (χ2v) is 12.7. The van der Waals surface area contributed by atoms with Crippen LogP contribution in [0.25, 0.3) is 0 Å². The third-order valence-corrected chi connectivity index (χ3v) is 9.08. The van der Waals surface area contributed by atoms with Gasteiger partial charge in [0.05, 0.1) is 6.04 Å². The van der Waals surface area contributed by atoms with Crippen LogP contribution in [0.1, 0.15) is 92.9 Å². The normalized spacial score (nSPS) is 26.7. The van der Waals surface area contributed by atoms with Crippen LogP contribution in [0.5, 0.6) is 0 Å². The van der Waals surface area contributed by atoms with Gasteiger partial charge in [0.15, 0.2) is 6.10 Å². The lowest BCUT2D eigenvalue weighted by Crippen LogP contribution is -2.55. The molecule has 2 saturated carbocycles. The molecule has 3 amide bonds. The van der Waals surface area contributed by atoms with Gasteiger partial charge in [-0.2, -0.15) is 0 Å². The van der Waals surface area contributed by atoms with Crippen molar-refractivity contribution < 1.29 is 24.2 Å². The van der Waals surface area contributed by atoms with Crippen LogP contribution in [0.4, 0.5) is 4.79 Å². The van der Waals surface area contributed by atoms with E-state index < -0.39 is 35.8 Å². The van der Waals surface area contributed by atoms with Crippen molar-refractivity contribution in [3.05, 3.63) is 0 Å². The SMILES string of the molecule is CC(C)(C)OC(=O)N1CC(C(C)(C)C2(C)CCC2)C[C@H]1C(=O)NC(CC1CCC1)C(O)C(N)=O. The van der Waals surface area contributed by atoms with E-state index in [-0.39, 0.29) is 22.7 Å². The van der Waals surface area contributed by atoms with E-state index >= 15 is 0 Å². The molecule has 3 rings (SSSR count). The van der Waals surface area contributed by atoms with E-state index in [1.54, 1.807) is 4.90 Å². The molecule has 1 saturated heterocycles. The number of nitrogens with zero attached hydrogens (tertiary/aromatic N) is 1. The molecule has 2 aliphatic carbocycles. The summed E-state index contributed by atoms with van der Waals surface area (Å²) in [5, 5.41) is 13.3. The Morgan fingerprint density at radius 2 is 1.76 bits per heavy atom. The molecule has 0 bridgehead atoms. The van der Waals surface area contributed by atoms with Crippen molar-refractivity contribution in [3.8, 4) is 0 Å². The predicted octanol–water partition coefficient (Wildman–Crippen LogP) is 3.35. The summed E-state index contributed by atoms with van der Waals surface area (Å²) in [7, 11) is 0. The van der Waals surface area contributed by atoms with Crippen molar-refractivity contribution >= 4 is 17.9 Å². The molecule has 0 spiro atoms. The van der Waals surface area contributed by atoms with E-state index in [1.807, 2.05) is 20.8 Å². The quantitative estimate of drug-likeness (QED) is 0.493. The van der Waals surface area contributed by atoms with Crippen molar-refractivity contribution in [1.29, 1.82) is 0 Å². The monoisotopic (exact) mass is 479 g/mol. The number of nitrogens with one attached hydrogen (secondary N) is 1. The maximum Gasteiger partial charge on any atom is 0.410 e. The predicted molar refractivity (Wildman–Crippen MR) is 130 cm³/mol. The Morgan fingerprint density at radius 3 is 2.21 bits per heavy atom. The fourth-order valence-corrected chi connectivity index (χ4v) is 5.81. The first-order valence-corrected chi connectivity index (χ1v) is 12.9. The third kappa shape index (κ3) is 5.52. The molecule has 194 valence electrons. The largest absolute Gasteiger partial charge is 0.444 e. The van der Waals surface area contributed by atoms with Crippen LogP contribution in [-0.2, 0) is 14.3 Å². The minimum absolute atomic E-state index is 0.0569. The zero-order valence-electron chi connectivity index (χ0n) is 21.9. The van der Waals surface area contributed by atoms with Crippen LogP contribution >= 0.6 is 0 Å². The first-order valence-electron chi connectivity index (χ1n) is 12.9.